The molecule has 2 nitrogen and oxygen atoms in total. The third kappa shape index (κ3) is 2.62. The number of rotatable bonds is 3. The van der Waals surface area contributed by atoms with Crippen LogP contribution in [0.5, 0.6) is 5.75 Å². The van der Waals surface area contributed by atoms with Crippen LogP contribution in [-0.2, 0) is 6.42 Å². The average molecular weight is 268 g/mol. The van der Waals surface area contributed by atoms with Crippen LogP contribution in [0.2, 0.25) is 0 Å². The summed E-state index contributed by atoms with van der Waals surface area (Å²) in [4.78, 5) is 12.1. The van der Waals surface area contributed by atoms with E-state index >= 15 is 0 Å². The third-order valence-corrected chi connectivity index (χ3v) is 3.25. The van der Waals surface area contributed by atoms with Crippen LogP contribution in [0.4, 0.5) is 4.39 Å². The van der Waals surface area contributed by atoms with E-state index in [4.69, 9.17) is 4.74 Å². The maximum absolute atomic E-state index is 13.0. The molecule has 0 unspecified atom stereocenters. The summed E-state index contributed by atoms with van der Waals surface area (Å²) < 4.78 is 18.4. The fourth-order valence-electron chi connectivity index (χ4n) is 2.22. The Morgan fingerprint density at radius 2 is 2.10 bits per heavy atom. The van der Waals surface area contributed by atoms with E-state index in [9.17, 15) is 9.18 Å². The minimum atomic E-state index is -0.311. The van der Waals surface area contributed by atoms with Crippen LogP contribution < -0.4 is 4.74 Å². The van der Waals surface area contributed by atoms with Crippen LogP contribution in [0, 0.1) is 5.82 Å². The largest absolute Gasteiger partial charge is 0.493 e. The van der Waals surface area contributed by atoms with Gasteiger partial charge in [0.05, 0.1) is 6.61 Å². The summed E-state index contributed by atoms with van der Waals surface area (Å²) >= 11 is 0. The fraction of sp³-hybridized carbons (Fsp3) is 0.118. The first-order chi connectivity index (χ1) is 9.72. The Kier molecular flexibility index (Phi) is 3.33. The predicted molar refractivity (Wildman–Crippen MR) is 75.4 cm³/mol. The second-order valence-electron chi connectivity index (χ2n) is 4.67. The highest BCUT2D eigenvalue weighted by atomic mass is 19.1. The molecule has 2 aromatic carbocycles. The van der Waals surface area contributed by atoms with Gasteiger partial charge in [-0.3, -0.25) is 4.79 Å². The molecule has 0 saturated carbocycles. The molecule has 100 valence electrons. The Morgan fingerprint density at radius 3 is 2.95 bits per heavy atom. The first-order valence-electron chi connectivity index (χ1n) is 6.46. The lowest BCUT2D eigenvalue weighted by molar-refractivity contribution is 0.104. The molecule has 1 heterocycles. The minimum absolute atomic E-state index is 0.0936. The molecule has 0 amide bonds. The molecule has 0 aliphatic carbocycles. The highest BCUT2D eigenvalue weighted by molar-refractivity contribution is 6.07. The molecule has 0 atom stereocenters. The van der Waals surface area contributed by atoms with Crippen molar-refractivity contribution < 1.29 is 13.9 Å². The van der Waals surface area contributed by atoms with E-state index < -0.39 is 0 Å². The number of benzene rings is 2. The van der Waals surface area contributed by atoms with Gasteiger partial charge in [-0.15, -0.1) is 0 Å². The predicted octanol–water partition coefficient (Wildman–Crippen LogP) is 3.66. The van der Waals surface area contributed by atoms with E-state index in [1.807, 2.05) is 12.1 Å². The molecule has 0 aromatic heterocycles. The Labute approximate surface area is 116 Å². The van der Waals surface area contributed by atoms with Gasteiger partial charge in [0.1, 0.15) is 11.6 Å². The average Bonchev–Trinajstić information content (AvgIpc) is 2.92. The summed E-state index contributed by atoms with van der Waals surface area (Å²) in [7, 11) is 0. The summed E-state index contributed by atoms with van der Waals surface area (Å²) in [6.45, 7) is 0.673. The normalized spacial score (nSPS) is 13.2. The summed E-state index contributed by atoms with van der Waals surface area (Å²) in [5, 5.41) is 0. The van der Waals surface area contributed by atoms with Gasteiger partial charge in [0, 0.05) is 12.0 Å². The second kappa shape index (κ2) is 5.29. The first-order valence-corrected chi connectivity index (χ1v) is 6.46. The quantitative estimate of drug-likeness (QED) is 0.627. The Balaban J connectivity index is 1.79. The highest BCUT2D eigenvalue weighted by Gasteiger charge is 2.13. The molecule has 1 aliphatic rings. The third-order valence-electron chi connectivity index (χ3n) is 3.25. The van der Waals surface area contributed by atoms with Crippen LogP contribution in [-0.4, -0.2) is 12.4 Å². The van der Waals surface area contributed by atoms with Gasteiger partial charge < -0.3 is 4.74 Å². The number of carbonyl (C=O) groups is 1. The number of fused-ring (bicyclic) bond motifs is 1. The van der Waals surface area contributed by atoms with Crippen molar-refractivity contribution in [1.29, 1.82) is 0 Å². The van der Waals surface area contributed by atoms with Gasteiger partial charge in [0.15, 0.2) is 5.78 Å². The molecule has 0 fully saturated rings. The number of ether oxygens (including phenoxy) is 1. The van der Waals surface area contributed by atoms with Gasteiger partial charge in [0.2, 0.25) is 0 Å². The molecule has 0 spiro atoms. The fourth-order valence-corrected chi connectivity index (χ4v) is 2.22. The van der Waals surface area contributed by atoms with Gasteiger partial charge in [-0.1, -0.05) is 18.2 Å². The lowest BCUT2D eigenvalue weighted by atomic mass is 10.0. The lowest BCUT2D eigenvalue weighted by Crippen LogP contribution is -1.95. The topological polar surface area (TPSA) is 26.3 Å². The van der Waals surface area contributed by atoms with E-state index in [1.165, 1.54) is 18.2 Å². The monoisotopic (exact) mass is 268 g/mol. The van der Waals surface area contributed by atoms with Gasteiger partial charge in [0.25, 0.3) is 0 Å². The van der Waals surface area contributed by atoms with Crippen LogP contribution >= 0.6 is 0 Å². The van der Waals surface area contributed by atoms with Crippen molar-refractivity contribution in [3.63, 3.8) is 0 Å². The Bertz CT molecular complexity index is 689. The van der Waals surface area contributed by atoms with E-state index in [-0.39, 0.29) is 11.6 Å². The zero-order valence-corrected chi connectivity index (χ0v) is 10.8. The molecule has 2 aromatic rings. The van der Waals surface area contributed by atoms with E-state index in [0.717, 1.165) is 17.7 Å². The molecule has 20 heavy (non-hydrogen) atoms. The van der Waals surface area contributed by atoms with Crippen molar-refractivity contribution in [3.8, 4) is 5.75 Å². The summed E-state index contributed by atoms with van der Waals surface area (Å²) in [5.41, 5.74) is 2.36. The number of hydrogen-bond donors (Lipinski definition) is 0. The van der Waals surface area contributed by atoms with Crippen LogP contribution in [0.1, 0.15) is 21.5 Å². The molecule has 0 radical (unpaired) electrons. The first kappa shape index (κ1) is 12.6. The van der Waals surface area contributed by atoms with Crippen molar-refractivity contribution >= 4 is 11.9 Å². The van der Waals surface area contributed by atoms with Crippen LogP contribution in [0.15, 0.2) is 48.5 Å². The molecular weight excluding hydrogens is 255 g/mol. The van der Waals surface area contributed by atoms with Crippen molar-refractivity contribution in [3.05, 3.63) is 71.0 Å². The Hall–Kier alpha value is -2.42. The number of allylic oxidation sites excluding steroid dienone is 1. The SMILES string of the molecule is O=C(/C=C/c1cccc(F)c1)c1ccc2c(c1)CCO2. The summed E-state index contributed by atoms with van der Waals surface area (Å²) in [6.07, 6.45) is 3.92. The minimum Gasteiger partial charge on any atom is -0.493 e. The molecule has 3 heteroatoms. The standard InChI is InChI=1S/C17H13FO2/c18-15-3-1-2-12(10-15)4-6-16(19)13-5-7-17-14(11-13)8-9-20-17/h1-7,10-11H,8-9H2/b6-4+. The highest BCUT2D eigenvalue weighted by Crippen LogP contribution is 2.26. The maximum Gasteiger partial charge on any atom is 0.185 e. The smallest absolute Gasteiger partial charge is 0.185 e. The maximum atomic E-state index is 13.0. The molecule has 0 N–H and O–H groups in total. The van der Waals surface area contributed by atoms with Crippen molar-refractivity contribution in [2.75, 3.05) is 6.61 Å². The zero-order chi connectivity index (χ0) is 13.9. The molecule has 1 aliphatic heterocycles. The van der Waals surface area contributed by atoms with Crippen LogP contribution in [0.3, 0.4) is 0 Å². The summed E-state index contributed by atoms with van der Waals surface area (Å²) in [5.74, 6) is 0.453. The van der Waals surface area contributed by atoms with Gasteiger partial charge in [-0.25, -0.2) is 4.39 Å². The molecule has 0 bridgehead atoms. The van der Waals surface area contributed by atoms with Crippen molar-refractivity contribution in [1.82, 2.24) is 0 Å². The Morgan fingerprint density at radius 1 is 1.20 bits per heavy atom. The van der Waals surface area contributed by atoms with Crippen LogP contribution in [0.25, 0.3) is 6.08 Å². The molecule has 0 saturated heterocycles. The number of halogens is 1. The van der Waals surface area contributed by atoms with E-state index in [2.05, 4.69) is 0 Å². The molecule has 3 rings (SSSR count). The van der Waals surface area contributed by atoms with Crippen molar-refractivity contribution in [2.24, 2.45) is 0 Å². The van der Waals surface area contributed by atoms with Gasteiger partial charge in [-0.05, 0) is 47.5 Å². The van der Waals surface area contributed by atoms with E-state index in [1.54, 1.807) is 24.3 Å². The molecular formula is C17H13FO2. The summed E-state index contributed by atoms with van der Waals surface area (Å²) in [6, 6.07) is 11.6. The number of carbonyl (C=O) groups excluding carboxylic acids is 1. The van der Waals surface area contributed by atoms with Gasteiger partial charge >= 0.3 is 0 Å². The number of ketones is 1. The second-order valence-corrected chi connectivity index (χ2v) is 4.67. The zero-order valence-electron chi connectivity index (χ0n) is 10.8. The van der Waals surface area contributed by atoms with E-state index in [0.29, 0.717) is 17.7 Å². The van der Waals surface area contributed by atoms with Crippen molar-refractivity contribution in [2.45, 2.75) is 6.42 Å². The van der Waals surface area contributed by atoms with Gasteiger partial charge in [-0.2, -0.15) is 0 Å². The lowest BCUT2D eigenvalue weighted by Gasteiger charge is -2.01. The number of hydrogen-bond acceptors (Lipinski definition) is 2.